The molecular weight excluding hydrogens is 450 g/mol. The van der Waals surface area contributed by atoms with Crippen LogP contribution >= 0.6 is 11.3 Å². The number of hydrogen-bond donors (Lipinski definition) is 1. The molecule has 1 aliphatic rings. The largest absolute Gasteiger partial charge is 0.491 e. The van der Waals surface area contributed by atoms with Gasteiger partial charge in [-0.3, -0.25) is 4.79 Å². The molecule has 3 rings (SSSR count). The summed E-state index contributed by atoms with van der Waals surface area (Å²) in [6.45, 7) is 8.75. The van der Waals surface area contributed by atoms with Gasteiger partial charge < -0.3 is 24.6 Å². The zero-order chi connectivity index (χ0) is 24.5. The smallest absolute Gasteiger partial charge is 0.317 e. The van der Waals surface area contributed by atoms with Gasteiger partial charge in [0.05, 0.1) is 6.04 Å². The van der Waals surface area contributed by atoms with E-state index in [0.717, 1.165) is 17.7 Å². The van der Waals surface area contributed by atoms with Gasteiger partial charge >= 0.3 is 6.03 Å². The molecule has 0 radical (unpaired) electrons. The van der Waals surface area contributed by atoms with Crippen LogP contribution in [0.4, 0.5) is 4.79 Å². The lowest BCUT2D eigenvalue weighted by Gasteiger charge is -2.37. The van der Waals surface area contributed by atoms with Gasteiger partial charge in [0.2, 0.25) is 5.91 Å². The van der Waals surface area contributed by atoms with E-state index in [1.807, 2.05) is 24.0 Å². The minimum absolute atomic E-state index is 0.0363. The van der Waals surface area contributed by atoms with Crippen LogP contribution in [0, 0.1) is 0 Å². The molecule has 1 N–H and O–H groups in total. The third kappa shape index (κ3) is 6.73. The van der Waals surface area contributed by atoms with Gasteiger partial charge in [-0.25, -0.2) is 4.79 Å². The molecule has 2 aromatic rings. The Kier molecular flexibility index (Phi) is 9.77. The lowest BCUT2D eigenvalue weighted by atomic mass is 10.00. The second kappa shape index (κ2) is 12.8. The first-order valence-corrected chi connectivity index (χ1v) is 12.9. The van der Waals surface area contributed by atoms with Crippen molar-refractivity contribution in [1.29, 1.82) is 0 Å². The topological polar surface area (TPSA) is 71.1 Å². The van der Waals surface area contributed by atoms with Gasteiger partial charge in [0.15, 0.2) is 0 Å². The maximum absolute atomic E-state index is 13.4. The van der Waals surface area contributed by atoms with Gasteiger partial charge in [0.1, 0.15) is 18.9 Å². The van der Waals surface area contributed by atoms with Crippen molar-refractivity contribution in [2.45, 2.75) is 45.6 Å². The number of amides is 3. The summed E-state index contributed by atoms with van der Waals surface area (Å²) < 4.78 is 11.3. The Labute approximate surface area is 207 Å². The average Bonchev–Trinajstić information content (AvgIpc) is 3.31. The first-order valence-electron chi connectivity index (χ1n) is 12.0. The summed E-state index contributed by atoms with van der Waals surface area (Å²) in [6, 6.07) is 9.85. The van der Waals surface area contributed by atoms with Crippen LogP contribution in [0.15, 0.2) is 35.7 Å². The first kappa shape index (κ1) is 26.0. The Morgan fingerprint density at radius 3 is 2.68 bits per heavy atom. The van der Waals surface area contributed by atoms with Crippen LogP contribution in [0.3, 0.4) is 0 Å². The summed E-state index contributed by atoms with van der Waals surface area (Å²) in [6.07, 6.45) is 1.50. The standard InChI is InChI=1S/C26H37N3O4S/c1-5-27-26(31)28(13-6-15-32-4)17-25(30)29-14-11-24-22(12-16-34-24)23(29)18-33-21-9-7-20(8-10-21)19(2)3/h7-10,12,16,19,23H,5-6,11,13-15,17-18H2,1-4H3,(H,27,31)/t23-/m0/s1. The van der Waals surface area contributed by atoms with Crippen LogP contribution in [-0.4, -0.2) is 68.2 Å². The average molecular weight is 488 g/mol. The van der Waals surface area contributed by atoms with Crippen LogP contribution < -0.4 is 10.1 Å². The van der Waals surface area contributed by atoms with Crippen molar-refractivity contribution in [2.75, 3.05) is 46.5 Å². The normalized spacial score (nSPS) is 15.2. The third-order valence-electron chi connectivity index (χ3n) is 6.09. The second-order valence-corrected chi connectivity index (χ2v) is 9.79. The number of methoxy groups -OCH3 is 1. The number of ether oxygens (including phenoxy) is 2. The van der Waals surface area contributed by atoms with E-state index < -0.39 is 0 Å². The summed E-state index contributed by atoms with van der Waals surface area (Å²) in [5.74, 6) is 1.19. The number of benzene rings is 1. The summed E-state index contributed by atoms with van der Waals surface area (Å²) in [4.78, 5) is 30.8. The van der Waals surface area contributed by atoms with Gasteiger partial charge in [-0.15, -0.1) is 11.3 Å². The highest BCUT2D eigenvalue weighted by molar-refractivity contribution is 7.10. The molecule has 0 fully saturated rings. The molecule has 7 nitrogen and oxygen atoms in total. The minimum Gasteiger partial charge on any atom is -0.491 e. The minimum atomic E-state index is -0.224. The van der Waals surface area contributed by atoms with Crippen molar-refractivity contribution in [2.24, 2.45) is 0 Å². The summed E-state index contributed by atoms with van der Waals surface area (Å²) in [5.41, 5.74) is 2.41. The fraction of sp³-hybridized carbons (Fsp3) is 0.538. The van der Waals surface area contributed by atoms with E-state index in [9.17, 15) is 9.59 Å². The lowest BCUT2D eigenvalue weighted by molar-refractivity contribution is -0.135. The summed E-state index contributed by atoms with van der Waals surface area (Å²) >= 11 is 1.73. The Hall–Kier alpha value is -2.58. The number of rotatable bonds is 11. The third-order valence-corrected chi connectivity index (χ3v) is 7.08. The Morgan fingerprint density at radius 2 is 2.00 bits per heavy atom. The molecule has 1 atom stereocenters. The second-order valence-electron chi connectivity index (χ2n) is 8.79. The number of carbonyl (C=O) groups is 2. The van der Waals surface area contributed by atoms with Crippen molar-refractivity contribution in [3.8, 4) is 5.75 Å². The highest BCUT2D eigenvalue weighted by atomic mass is 32.1. The molecule has 0 saturated heterocycles. The monoisotopic (exact) mass is 487 g/mol. The van der Waals surface area contributed by atoms with Gasteiger partial charge in [-0.2, -0.15) is 0 Å². The molecule has 1 aliphatic heterocycles. The van der Waals surface area contributed by atoms with Crippen LogP contribution in [0.1, 0.15) is 55.2 Å². The number of hydrogen-bond acceptors (Lipinski definition) is 5. The van der Waals surface area contributed by atoms with E-state index in [-0.39, 0.29) is 24.5 Å². The summed E-state index contributed by atoms with van der Waals surface area (Å²) in [7, 11) is 1.63. The zero-order valence-corrected chi connectivity index (χ0v) is 21.5. The lowest BCUT2D eigenvalue weighted by Crippen LogP contribution is -2.50. The van der Waals surface area contributed by atoms with E-state index in [2.05, 4.69) is 42.7 Å². The Bertz CT molecular complexity index is 928. The maximum Gasteiger partial charge on any atom is 0.317 e. The molecule has 0 aliphatic carbocycles. The van der Waals surface area contributed by atoms with Gasteiger partial charge in [-0.1, -0.05) is 26.0 Å². The first-order chi connectivity index (χ1) is 16.4. The van der Waals surface area contributed by atoms with Crippen molar-refractivity contribution in [3.05, 3.63) is 51.7 Å². The van der Waals surface area contributed by atoms with Crippen molar-refractivity contribution in [3.63, 3.8) is 0 Å². The van der Waals surface area contributed by atoms with Crippen molar-refractivity contribution < 1.29 is 19.1 Å². The quantitative estimate of drug-likeness (QED) is 0.476. The number of fused-ring (bicyclic) bond motifs is 1. The molecule has 0 unspecified atom stereocenters. The maximum atomic E-state index is 13.4. The van der Waals surface area contributed by atoms with E-state index in [1.165, 1.54) is 10.4 Å². The molecule has 3 amide bonds. The highest BCUT2D eigenvalue weighted by Gasteiger charge is 2.33. The van der Waals surface area contributed by atoms with Gasteiger partial charge in [0.25, 0.3) is 0 Å². The van der Waals surface area contributed by atoms with Crippen molar-refractivity contribution >= 4 is 23.3 Å². The molecule has 186 valence electrons. The van der Waals surface area contributed by atoms with Gasteiger partial charge in [-0.05, 0) is 60.4 Å². The van der Waals surface area contributed by atoms with Crippen LogP contribution in [0.25, 0.3) is 0 Å². The zero-order valence-electron chi connectivity index (χ0n) is 20.7. The number of carbonyl (C=O) groups excluding carboxylic acids is 2. The van der Waals surface area contributed by atoms with E-state index >= 15 is 0 Å². The fourth-order valence-corrected chi connectivity index (χ4v) is 5.10. The molecule has 8 heteroatoms. The Morgan fingerprint density at radius 1 is 1.24 bits per heavy atom. The van der Waals surface area contributed by atoms with Crippen LogP contribution in [0.2, 0.25) is 0 Å². The van der Waals surface area contributed by atoms with Gasteiger partial charge in [0, 0.05) is 38.2 Å². The predicted octanol–water partition coefficient (Wildman–Crippen LogP) is 4.44. The van der Waals surface area contributed by atoms with Crippen molar-refractivity contribution in [1.82, 2.24) is 15.1 Å². The molecule has 34 heavy (non-hydrogen) atoms. The SMILES string of the molecule is CCNC(=O)N(CCCOC)CC(=O)N1CCc2sccc2[C@@H]1COc1ccc(C(C)C)cc1. The molecule has 1 aromatic heterocycles. The molecule has 0 spiro atoms. The molecular formula is C26H37N3O4S. The number of nitrogens with one attached hydrogen (secondary N) is 1. The number of urea groups is 1. The van der Waals surface area contributed by atoms with Crippen LogP contribution in [-0.2, 0) is 16.0 Å². The Balaban J connectivity index is 1.72. The predicted molar refractivity (Wildman–Crippen MR) is 136 cm³/mol. The summed E-state index contributed by atoms with van der Waals surface area (Å²) in [5, 5.41) is 4.89. The van der Waals surface area contributed by atoms with E-state index in [4.69, 9.17) is 9.47 Å². The highest BCUT2D eigenvalue weighted by Crippen LogP contribution is 2.34. The molecule has 0 saturated carbocycles. The number of thiophene rings is 1. The molecule has 1 aromatic carbocycles. The molecule has 0 bridgehead atoms. The number of nitrogens with zero attached hydrogens (tertiary/aromatic N) is 2. The fourth-order valence-electron chi connectivity index (χ4n) is 4.17. The van der Waals surface area contributed by atoms with E-state index in [0.29, 0.717) is 45.2 Å². The molecule has 2 heterocycles. The van der Waals surface area contributed by atoms with E-state index in [1.54, 1.807) is 23.3 Å². The van der Waals surface area contributed by atoms with Crippen LogP contribution in [0.5, 0.6) is 5.75 Å².